The first-order valence-electron chi connectivity index (χ1n) is 5.71. The van der Waals surface area contributed by atoms with E-state index in [1.807, 2.05) is 0 Å². The van der Waals surface area contributed by atoms with E-state index in [9.17, 15) is 9.13 Å². The van der Waals surface area contributed by atoms with Gasteiger partial charge in [-0.1, -0.05) is 25.7 Å². The number of rotatable bonds is 2. The van der Waals surface area contributed by atoms with Gasteiger partial charge >= 0.3 is 15.6 Å². The van der Waals surface area contributed by atoms with E-state index < -0.39 is 21.0 Å². The lowest BCUT2D eigenvalue weighted by atomic mass is 10.1. The highest BCUT2D eigenvalue weighted by Crippen LogP contribution is 2.50. The Morgan fingerprint density at radius 3 is 1.88 bits per heavy atom. The van der Waals surface area contributed by atoms with Crippen LogP contribution < -0.4 is 5.73 Å². The summed E-state index contributed by atoms with van der Waals surface area (Å²) in [5.74, 6) is 0. The summed E-state index contributed by atoms with van der Waals surface area (Å²) in [6, 6.07) is 0.525. The SMILES string of the molecule is CC([P+](=O)O)P(=O)(O)O.NC1CCCCCC1. The van der Waals surface area contributed by atoms with Crippen LogP contribution in [0.5, 0.6) is 0 Å². The molecule has 5 N–H and O–H groups in total. The zero-order chi connectivity index (χ0) is 13.5. The maximum Gasteiger partial charge on any atom is 0.521 e. The first-order chi connectivity index (χ1) is 7.75. The van der Waals surface area contributed by atoms with Gasteiger partial charge in [0.05, 0.1) is 0 Å². The molecule has 1 aliphatic carbocycles. The van der Waals surface area contributed by atoms with E-state index in [0.29, 0.717) is 6.04 Å². The highest BCUT2D eigenvalue weighted by Gasteiger charge is 2.40. The van der Waals surface area contributed by atoms with E-state index in [2.05, 4.69) is 0 Å². The lowest BCUT2D eigenvalue weighted by Crippen LogP contribution is -2.17. The van der Waals surface area contributed by atoms with Crippen LogP contribution in [0, 0.1) is 0 Å². The van der Waals surface area contributed by atoms with Gasteiger partial charge in [-0.15, -0.1) is 0 Å². The molecular weight excluding hydrogens is 264 g/mol. The van der Waals surface area contributed by atoms with Gasteiger partial charge in [0.2, 0.25) is 0 Å². The van der Waals surface area contributed by atoms with Gasteiger partial charge in [0.25, 0.3) is 5.40 Å². The molecule has 0 aromatic rings. The summed E-state index contributed by atoms with van der Waals surface area (Å²) in [5.41, 5.74) is 5.73. The summed E-state index contributed by atoms with van der Waals surface area (Å²) in [7, 11) is -7.11. The zero-order valence-corrected chi connectivity index (χ0v) is 11.8. The van der Waals surface area contributed by atoms with Crippen LogP contribution in [0.15, 0.2) is 0 Å². The molecular formula is C9H22NO5P2+. The van der Waals surface area contributed by atoms with Crippen molar-refractivity contribution in [2.24, 2.45) is 5.73 Å². The molecule has 6 nitrogen and oxygen atoms in total. The lowest BCUT2D eigenvalue weighted by Gasteiger charge is -2.03. The number of hydrogen-bond acceptors (Lipinski definition) is 3. The van der Waals surface area contributed by atoms with Crippen LogP contribution in [-0.2, 0) is 9.13 Å². The van der Waals surface area contributed by atoms with Crippen LogP contribution in [-0.4, -0.2) is 26.1 Å². The largest absolute Gasteiger partial charge is 0.521 e. The minimum atomic E-state index is -4.35. The third kappa shape index (κ3) is 8.83. The van der Waals surface area contributed by atoms with Crippen molar-refractivity contribution < 1.29 is 23.8 Å². The smallest absolute Gasteiger partial charge is 0.328 e. The standard InChI is InChI=1S/C7H15N.C2H6O5P2/c8-7-5-3-1-2-4-6-7;1-2(8(3)4)9(5,6)7/h7H,1-6,8H2;2H,1H3,(H2-,3,4,5,6,7)/p+1. The molecule has 2 atom stereocenters. The second kappa shape index (κ2) is 8.30. The van der Waals surface area contributed by atoms with Crippen molar-refractivity contribution in [1.82, 2.24) is 0 Å². The Labute approximate surface area is 103 Å². The normalized spacial score (nSPS) is 20.9. The highest BCUT2D eigenvalue weighted by molar-refractivity contribution is 7.65. The van der Waals surface area contributed by atoms with Crippen LogP contribution in [0.25, 0.3) is 0 Å². The molecule has 2 unspecified atom stereocenters. The summed E-state index contributed by atoms with van der Waals surface area (Å²) in [5, 5.41) is -1.45. The molecule has 0 radical (unpaired) electrons. The van der Waals surface area contributed by atoms with Crippen LogP contribution >= 0.6 is 15.6 Å². The topological polar surface area (TPSA) is 121 Å². The fourth-order valence-electron chi connectivity index (χ4n) is 1.44. The van der Waals surface area contributed by atoms with Gasteiger partial charge in [0.1, 0.15) is 0 Å². The molecule has 102 valence electrons. The molecule has 0 aromatic heterocycles. The third-order valence-electron chi connectivity index (χ3n) is 2.71. The van der Waals surface area contributed by atoms with Gasteiger partial charge in [-0.05, 0) is 24.3 Å². The molecule has 0 saturated heterocycles. The van der Waals surface area contributed by atoms with Crippen LogP contribution in [0.2, 0.25) is 0 Å². The Morgan fingerprint density at radius 2 is 1.65 bits per heavy atom. The van der Waals surface area contributed by atoms with Crippen LogP contribution in [0.4, 0.5) is 0 Å². The van der Waals surface area contributed by atoms with Crippen LogP contribution in [0.1, 0.15) is 45.4 Å². The minimum absolute atomic E-state index is 0.525. The molecule has 17 heavy (non-hydrogen) atoms. The molecule has 1 aliphatic rings. The molecule has 0 aromatic carbocycles. The van der Waals surface area contributed by atoms with E-state index >= 15 is 0 Å². The van der Waals surface area contributed by atoms with Crippen molar-refractivity contribution in [2.75, 3.05) is 0 Å². The fraction of sp³-hybridized carbons (Fsp3) is 1.00. The van der Waals surface area contributed by atoms with Crippen molar-refractivity contribution in [3.05, 3.63) is 0 Å². The maximum atomic E-state index is 10.1. The molecule has 8 heteroatoms. The van der Waals surface area contributed by atoms with E-state index in [-0.39, 0.29) is 0 Å². The molecule has 0 bridgehead atoms. The number of nitrogens with two attached hydrogens (primary N) is 1. The van der Waals surface area contributed by atoms with Crippen molar-refractivity contribution in [3.63, 3.8) is 0 Å². The average molecular weight is 286 g/mol. The second-order valence-corrected chi connectivity index (χ2v) is 8.01. The Kier molecular flexibility index (Phi) is 8.39. The average Bonchev–Trinajstić information content (AvgIpc) is 2.44. The molecule has 0 aliphatic heterocycles. The molecule has 0 amide bonds. The van der Waals surface area contributed by atoms with E-state index in [1.54, 1.807) is 0 Å². The van der Waals surface area contributed by atoms with E-state index in [4.69, 9.17) is 20.4 Å². The van der Waals surface area contributed by atoms with Crippen molar-refractivity contribution in [3.8, 4) is 0 Å². The van der Waals surface area contributed by atoms with Gasteiger partial charge in [-0.3, -0.25) is 4.57 Å². The summed E-state index contributed by atoms with van der Waals surface area (Å²) in [6.45, 7) is 1.03. The Bertz CT molecular complexity index is 273. The lowest BCUT2D eigenvalue weighted by molar-refractivity contribution is 0.367. The molecule has 1 rings (SSSR count). The quantitative estimate of drug-likeness (QED) is 0.454. The minimum Gasteiger partial charge on any atom is -0.328 e. The molecule has 0 spiro atoms. The zero-order valence-electron chi connectivity index (χ0n) is 10.0. The van der Waals surface area contributed by atoms with Crippen molar-refractivity contribution in [2.45, 2.75) is 56.9 Å². The summed E-state index contributed by atoms with van der Waals surface area (Å²) in [6.07, 6.45) is 8.07. The summed E-state index contributed by atoms with van der Waals surface area (Å²) in [4.78, 5) is 24.6. The second-order valence-electron chi connectivity index (χ2n) is 4.28. The van der Waals surface area contributed by atoms with Gasteiger partial charge in [-0.2, -0.15) is 4.89 Å². The van der Waals surface area contributed by atoms with Crippen LogP contribution in [0.3, 0.4) is 0 Å². The van der Waals surface area contributed by atoms with Gasteiger partial charge in [0.15, 0.2) is 0 Å². The first-order valence-corrected chi connectivity index (χ1v) is 8.67. The maximum absolute atomic E-state index is 10.1. The Hall–Kier alpha value is 0.170. The third-order valence-corrected chi connectivity index (χ3v) is 5.81. The monoisotopic (exact) mass is 286 g/mol. The predicted octanol–water partition coefficient (Wildman–Crippen LogP) is 1.91. The first kappa shape index (κ1) is 17.2. The van der Waals surface area contributed by atoms with E-state index in [1.165, 1.54) is 38.5 Å². The Balaban J connectivity index is 0.000000302. The van der Waals surface area contributed by atoms with Crippen molar-refractivity contribution >= 4 is 15.6 Å². The number of hydrogen-bond donors (Lipinski definition) is 4. The van der Waals surface area contributed by atoms with E-state index in [0.717, 1.165) is 6.92 Å². The molecule has 1 fully saturated rings. The molecule has 1 saturated carbocycles. The van der Waals surface area contributed by atoms with Crippen molar-refractivity contribution in [1.29, 1.82) is 0 Å². The van der Waals surface area contributed by atoms with Gasteiger partial charge in [0, 0.05) is 6.04 Å². The predicted molar refractivity (Wildman–Crippen MR) is 67.0 cm³/mol. The summed E-state index contributed by atoms with van der Waals surface area (Å²) < 4.78 is 20.1. The fourth-order valence-corrected chi connectivity index (χ4v) is 2.47. The molecule has 0 heterocycles. The Morgan fingerprint density at radius 1 is 1.24 bits per heavy atom. The summed E-state index contributed by atoms with van der Waals surface area (Å²) >= 11 is 0. The highest BCUT2D eigenvalue weighted by atomic mass is 31.2. The van der Waals surface area contributed by atoms with Gasteiger partial charge < -0.3 is 15.5 Å². The van der Waals surface area contributed by atoms with Gasteiger partial charge in [-0.25, -0.2) is 0 Å².